The third-order valence-electron chi connectivity index (χ3n) is 11.5. The number of phenols is 1. The van der Waals surface area contributed by atoms with Crippen molar-refractivity contribution in [3.8, 4) is 35.2 Å². The van der Waals surface area contributed by atoms with Gasteiger partial charge in [-0.1, -0.05) is 12.0 Å². The number of halogens is 5. The number of hydrogen-bond donors (Lipinski definition) is 2. The second-order valence-corrected chi connectivity index (χ2v) is 14.9. The van der Waals surface area contributed by atoms with Crippen molar-refractivity contribution < 1.29 is 36.5 Å². The number of nitrogens with one attached hydrogen (secondary N) is 1. The molecule has 2 bridgehead atoms. The zero-order chi connectivity index (χ0) is 36.8. The molecule has 0 saturated carbocycles. The average molecular weight is 734 g/mol. The van der Waals surface area contributed by atoms with Crippen LogP contribution in [0.2, 0.25) is 0 Å². The molecule has 3 aromatic carbocycles. The Balaban J connectivity index is 1.27. The quantitative estimate of drug-likeness (QED) is 0.151. The Morgan fingerprint density at radius 1 is 1.11 bits per heavy atom. The lowest BCUT2D eigenvalue weighted by atomic mass is 9.91. The standard InChI is InChI=1S/C38H36F5N7O3/c1-3-24-27(40)6-5-20-11-23(51)12-25(28(20)24)29-31(41)33-30(26-16-48(2)47-32(26)29)34(49-15-22-7-9-37(17-49,46-22)18-52-35(42)43)45-36(44-33)53-19-38-8-4-10-50(38)14-21(39)13-38/h1,5-6,11-12,16,21-22,35,46,51H,4,7-10,13-15,17-19H2,2H3/t21-,22?,37?,38+/m1/s1. The first-order chi connectivity index (χ1) is 25.5. The molecule has 0 radical (unpaired) electrons. The molecule has 9 rings (SSSR count). The van der Waals surface area contributed by atoms with E-state index in [-0.39, 0.29) is 70.7 Å². The number of anilines is 1. The average Bonchev–Trinajstić information content (AvgIpc) is 3.86. The summed E-state index contributed by atoms with van der Waals surface area (Å²) >= 11 is 0. The molecule has 2 unspecified atom stereocenters. The number of piperazine rings is 1. The molecular formula is C38H36F5N7O3. The molecule has 0 aliphatic carbocycles. The summed E-state index contributed by atoms with van der Waals surface area (Å²) < 4.78 is 86.7. The van der Waals surface area contributed by atoms with Crippen molar-refractivity contribution in [1.29, 1.82) is 0 Å². The molecule has 276 valence electrons. The number of aromatic hydroxyl groups is 1. The van der Waals surface area contributed by atoms with Crippen molar-refractivity contribution in [2.24, 2.45) is 7.05 Å². The number of terminal acetylenes is 1. The Hall–Kier alpha value is -4.78. The van der Waals surface area contributed by atoms with Crippen LogP contribution in [-0.2, 0) is 11.8 Å². The van der Waals surface area contributed by atoms with Crippen LogP contribution in [0.25, 0.3) is 43.7 Å². The fourth-order valence-corrected chi connectivity index (χ4v) is 9.39. The first kappa shape index (κ1) is 34.0. The van der Waals surface area contributed by atoms with Crippen molar-refractivity contribution in [2.45, 2.75) is 62.0 Å². The molecule has 0 amide bonds. The normalized spacial score (nSPS) is 25.7. The van der Waals surface area contributed by atoms with E-state index >= 15 is 8.78 Å². The van der Waals surface area contributed by atoms with Gasteiger partial charge in [0.1, 0.15) is 41.2 Å². The van der Waals surface area contributed by atoms with Gasteiger partial charge in [-0.2, -0.15) is 23.8 Å². The van der Waals surface area contributed by atoms with Gasteiger partial charge in [-0.15, -0.1) is 6.42 Å². The van der Waals surface area contributed by atoms with Gasteiger partial charge in [0.25, 0.3) is 0 Å². The topological polar surface area (TPSA) is 101 Å². The van der Waals surface area contributed by atoms with Gasteiger partial charge in [0.05, 0.1) is 28.6 Å². The van der Waals surface area contributed by atoms with Crippen molar-refractivity contribution in [2.75, 3.05) is 44.3 Å². The van der Waals surface area contributed by atoms with E-state index in [1.165, 1.54) is 28.9 Å². The summed E-state index contributed by atoms with van der Waals surface area (Å²) in [5, 5.41) is 20.3. The number of alkyl halides is 3. The zero-order valence-corrected chi connectivity index (χ0v) is 28.8. The largest absolute Gasteiger partial charge is 0.508 e. The maximum absolute atomic E-state index is 17.7. The van der Waals surface area contributed by atoms with Crippen LogP contribution in [0.4, 0.5) is 27.8 Å². The van der Waals surface area contributed by atoms with Gasteiger partial charge in [-0.3, -0.25) is 9.58 Å². The monoisotopic (exact) mass is 733 g/mol. The Labute approximate surface area is 300 Å². The number of fused-ring (bicyclic) bond motifs is 7. The highest BCUT2D eigenvalue weighted by molar-refractivity contribution is 6.18. The van der Waals surface area contributed by atoms with E-state index in [0.29, 0.717) is 54.3 Å². The Kier molecular flexibility index (Phi) is 7.95. The number of rotatable bonds is 8. The highest BCUT2D eigenvalue weighted by Gasteiger charge is 2.50. The van der Waals surface area contributed by atoms with E-state index in [1.54, 1.807) is 13.2 Å². The lowest BCUT2D eigenvalue weighted by Crippen LogP contribution is -2.62. The van der Waals surface area contributed by atoms with E-state index < -0.39 is 35.5 Å². The predicted molar refractivity (Wildman–Crippen MR) is 188 cm³/mol. The molecule has 53 heavy (non-hydrogen) atoms. The van der Waals surface area contributed by atoms with Crippen molar-refractivity contribution in [3.63, 3.8) is 0 Å². The number of phenolic OH excluding ortho intramolecular Hbond substituents is 1. The lowest BCUT2D eigenvalue weighted by Gasteiger charge is -2.42. The minimum Gasteiger partial charge on any atom is -0.508 e. The molecule has 2 N–H and O–H groups in total. The number of hydrogen-bond acceptors (Lipinski definition) is 9. The number of ether oxygens (including phenoxy) is 2. The molecule has 0 spiro atoms. The number of aryl methyl sites for hydroxylation is 1. The van der Waals surface area contributed by atoms with Crippen LogP contribution in [0.1, 0.15) is 37.7 Å². The fraction of sp³-hybridized carbons (Fsp3) is 0.447. The van der Waals surface area contributed by atoms with Gasteiger partial charge >= 0.3 is 12.6 Å². The van der Waals surface area contributed by atoms with Crippen LogP contribution >= 0.6 is 0 Å². The summed E-state index contributed by atoms with van der Waals surface area (Å²) in [6.07, 6.45) is 9.69. The summed E-state index contributed by atoms with van der Waals surface area (Å²) in [6.45, 7) is -1.41. The van der Waals surface area contributed by atoms with E-state index in [4.69, 9.17) is 20.9 Å². The SMILES string of the molecule is C#Cc1c(F)ccc2cc(O)cc(-c3c(F)c4nc(OC[C@@]56CCCN5C[C@H](F)C6)nc(N5CC6CCC(COC(F)F)(C5)N6)c4c4cn(C)nc34)c12. The van der Waals surface area contributed by atoms with Crippen molar-refractivity contribution in [1.82, 2.24) is 30.0 Å². The fourth-order valence-electron chi connectivity index (χ4n) is 9.39. The van der Waals surface area contributed by atoms with Crippen LogP contribution in [0, 0.1) is 24.0 Å². The zero-order valence-electron chi connectivity index (χ0n) is 28.8. The third-order valence-corrected chi connectivity index (χ3v) is 11.5. The minimum absolute atomic E-state index is 0.0643. The summed E-state index contributed by atoms with van der Waals surface area (Å²) in [6, 6.07) is 5.17. The Morgan fingerprint density at radius 3 is 2.77 bits per heavy atom. The van der Waals surface area contributed by atoms with Gasteiger partial charge in [-0.25, -0.2) is 13.2 Å². The summed E-state index contributed by atoms with van der Waals surface area (Å²) in [5.41, 5.74) is -1.37. The van der Waals surface area contributed by atoms with Crippen LogP contribution in [0.5, 0.6) is 11.8 Å². The van der Waals surface area contributed by atoms with E-state index in [1.807, 2.05) is 4.90 Å². The van der Waals surface area contributed by atoms with Crippen LogP contribution in [0.3, 0.4) is 0 Å². The van der Waals surface area contributed by atoms with Gasteiger partial charge in [0.15, 0.2) is 5.82 Å². The third kappa shape index (κ3) is 5.52. The maximum atomic E-state index is 17.7. The molecule has 4 atom stereocenters. The predicted octanol–water partition coefficient (Wildman–Crippen LogP) is 5.81. The van der Waals surface area contributed by atoms with Gasteiger partial charge < -0.3 is 24.8 Å². The highest BCUT2D eigenvalue weighted by atomic mass is 19.3. The molecule has 2 aromatic heterocycles. The molecule has 15 heteroatoms. The molecule has 4 saturated heterocycles. The summed E-state index contributed by atoms with van der Waals surface area (Å²) in [4.78, 5) is 13.6. The Morgan fingerprint density at radius 2 is 1.96 bits per heavy atom. The summed E-state index contributed by atoms with van der Waals surface area (Å²) in [5.74, 6) is 0.978. The molecule has 5 aromatic rings. The molecule has 4 aliphatic heterocycles. The first-order valence-corrected chi connectivity index (χ1v) is 17.7. The second-order valence-electron chi connectivity index (χ2n) is 14.9. The number of benzene rings is 3. The van der Waals surface area contributed by atoms with Crippen molar-refractivity contribution in [3.05, 3.63) is 47.7 Å². The van der Waals surface area contributed by atoms with Crippen LogP contribution in [-0.4, -0.2) is 99.1 Å². The van der Waals surface area contributed by atoms with Gasteiger partial charge in [-0.05, 0) is 61.4 Å². The summed E-state index contributed by atoms with van der Waals surface area (Å²) in [7, 11) is 1.67. The highest BCUT2D eigenvalue weighted by Crippen LogP contribution is 2.46. The second kappa shape index (κ2) is 12.4. The molecular weight excluding hydrogens is 697 g/mol. The minimum atomic E-state index is -2.95. The number of aromatic nitrogens is 4. The maximum Gasteiger partial charge on any atom is 0.345 e. The van der Waals surface area contributed by atoms with Gasteiger partial charge in [0.2, 0.25) is 0 Å². The molecule has 6 heterocycles. The molecule has 4 fully saturated rings. The van der Waals surface area contributed by atoms with Crippen LogP contribution in [0.15, 0.2) is 30.5 Å². The lowest BCUT2D eigenvalue weighted by molar-refractivity contribution is -0.143. The van der Waals surface area contributed by atoms with Crippen LogP contribution < -0.4 is 15.0 Å². The van der Waals surface area contributed by atoms with Gasteiger partial charge in [0, 0.05) is 61.7 Å². The Bertz CT molecular complexity index is 2350. The van der Waals surface area contributed by atoms with Crippen molar-refractivity contribution >= 4 is 38.4 Å². The van der Waals surface area contributed by atoms with E-state index in [0.717, 1.165) is 19.4 Å². The smallest absolute Gasteiger partial charge is 0.345 e. The first-order valence-electron chi connectivity index (χ1n) is 17.7. The molecule has 4 aliphatic rings. The van der Waals surface area contributed by atoms with E-state index in [2.05, 4.69) is 26.2 Å². The number of nitrogens with zero attached hydrogens (tertiary/aromatic N) is 6. The van der Waals surface area contributed by atoms with E-state index in [9.17, 15) is 18.3 Å². The molecule has 10 nitrogen and oxygen atoms in total.